The minimum absolute atomic E-state index is 0. The maximum absolute atomic E-state index is 2.24. The van der Waals surface area contributed by atoms with Crippen molar-refractivity contribution in [3.8, 4) is 0 Å². The van der Waals surface area contributed by atoms with Crippen LogP contribution in [0.1, 0.15) is 0 Å². The quantitative estimate of drug-likeness (QED) is 0.193. The van der Waals surface area contributed by atoms with E-state index in [0.29, 0.717) is 0 Å². The third-order valence-electron chi connectivity index (χ3n) is 4.30. The third-order valence-corrected chi connectivity index (χ3v) is 7.03. The first-order valence-corrected chi connectivity index (χ1v) is 11.3. The first-order chi connectivity index (χ1) is 14.4. The van der Waals surface area contributed by atoms with E-state index >= 15 is 0 Å². The summed E-state index contributed by atoms with van der Waals surface area (Å²) >= 11 is 0. The Morgan fingerprint density at radius 1 is 0.367 bits per heavy atom. The first-order valence-electron chi connectivity index (χ1n) is 9.82. The van der Waals surface area contributed by atoms with Crippen LogP contribution < -0.4 is 15.6 Å². The van der Waals surface area contributed by atoms with Gasteiger partial charge in [0.25, 0.3) is 0 Å². The summed E-state index contributed by atoms with van der Waals surface area (Å²) in [5, 5.41) is 4.31. The van der Waals surface area contributed by atoms with Crippen LogP contribution in [0, 0.1) is 0 Å². The third kappa shape index (κ3) is 8.06. The molecule has 5 aromatic carbocycles. The Labute approximate surface area is 201 Å². The van der Waals surface area contributed by atoms with Gasteiger partial charge in [0, 0.05) is 0 Å². The molecule has 30 heavy (non-hydrogen) atoms. The molecule has 0 spiro atoms. The van der Waals surface area contributed by atoms with E-state index in [1.165, 1.54) is 15.6 Å². The standard InChI is InChI=1S/C18H15Si.2C5H5.Zr/c1-4-10-16(11-5-1)19(17-12-6-2-7-13-17)18-14-8-3-9-15-18;2*1-2-4-5-3-1;/h1-15H;2*1-5H;/q;2*-1;+2. The average molecular weight is 481 g/mol. The molecule has 0 bridgehead atoms. The van der Waals surface area contributed by atoms with Crippen LogP contribution in [0.5, 0.6) is 0 Å². The molecule has 0 aliphatic heterocycles. The van der Waals surface area contributed by atoms with Crippen LogP contribution in [0.4, 0.5) is 0 Å². The van der Waals surface area contributed by atoms with Gasteiger partial charge in [0.2, 0.25) is 0 Å². The van der Waals surface area contributed by atoms with Crippen molar-refractivity contribution in [2.75, 3.05) is 0 Å². The molecule has 0 N–H and O–H groups in total. The van der Waals surface area contributed by atoms with E-state index < -0.39 is 8.80 Å². The maximum atomic E-state index is 2.24. The largest absolute Gasteiger partial charge is 2.00 e. The van der Waals surface area contributed by atoms with Crippen molar-refractivity contribution in [2.24, 2.45) is 0 Å². The Morgan fingerprint density at radius 3 is 0.833 bits per heavy atom. The summed E-state index contributed by atoms with van der Waals surface area (Å²) in [4.78, 5) is 0. The molecular formula is C28H25SiZr. The second-order valence-electron chi connectivity index (χ2n) is 6.40. The summed E-state index contributed by atoms with van der Waals surface area (Å²) < 4.78 is 0. The molecule has 0 aliphatic carbocycles. The van der Waals surface area contributed by atoms with Crippen molar-refractivity contribution in [1.29, 1.82) is 0 Å². The molecule has 0 heterocycles. The Bertz CT molecular complexity index is 822. The summed E-state index contributed by atoms with van der Waals surface area (Å²) in [5.74, 6) is 0. The molecule has 0 saturated carbocycles. The van der Waals surface area contributed by atoms with Crippen LogP contribution in [-0.4, -0.2) is 8.80 Å². The van der Waals surface area contributed by atoms with E-state index in [1.54, 1.807) is 0 Å². The van der Waals surface area contributed by atoms with E-state index in [-0.39, 0.29) is 26.2 Å². The number of hydrogen-bond acceptors (Lipinski definition) is 0. The van der Waals surface area contributed by atoms with Crippen LogP contribution in [0.25, 0.3) is 0 Å². The molecule has 0 nitrogen and oxygen atoms in total. The van der Waals surface area contributed by atoms with Crippen molar-refractivity contribution in [2.45, 2.75) is 0 Å². The second-order valence-corrected chi connectivity index (χ2v) is 8.88. The van der Waals surface area contributed by atoms with Crippen molar-refractivity contribution in [3.05, 3.63) is 152 Å². The Morgan fingerprint density at radius 2 is 0.633 bits per heavy atom. The molecule has 0 unspecified atom stereocenters. The average Bonchev–Trinajstić information content (AvgIpc) is 3.55. The normalized spacial score (nSPS) is 9.37. The summed E-state index contributed by atoms with van der Waals surface area (Å²) in [7, 11) is -0.877. The predicted octanol–water partition coefficient (Wildman–Crippen LogP) is 5.01. The van der Waals surface area contributed by atoms with Crippen LogP contribution in [0.3, 0.4) is 0 Å². The van der Waals surface area contributed by atoms with E-state index in [0.717, 1.165) is 0 Å². The van der Waals surface area contributed by atoms with Gasteiger partial charge in [-0.25, -0.2) is 24.3 Å². The van der Waals surface area contributed by atoms with Crippen molar-refractivity contribution in [3.63, 3.8) is 0 Å². The zero-order chi connectivity index (χ0) is 20.0. The smallest absolute Gasteiger partial charge is 0.214 e. The number of benzene rings is 3. The monoisotopic (exact) mass is 479 g/mol. The summed E-state index contributed by atoms with van der Waals surface area (Å²) in [6, 6.07) is 52.5. The first kappa shape index (κ1) is 23.7. The fourth-order valence-corrected chi connectivity index (χ4v) is 5.53. The molecule has 1 radical (unpaired) electrons. The maximum Gasteiger partial charge on any atom is 2.00 e. The topological polar surface area (TPSA) is 0 Å². The number of hydrogen-bond donors (Lipinski definition) is 0. The van der Waals surface area contributed by atoms with Gasteiger partial charge in [-0.05, 0) is 0 Å². The molecule has 145 valence electrons. The van der Waals surface area contributed by atoms with E-state index in [1.807, 2.05) is 60.7 Å². The van der Waals surface area contributed by atoms with Crippen molar-refractivity contribution < 1.29 is 26.2 Å². The summed E-state index contributed by atoms with van der Waals surface area (Å²) in [6.07, 6.45) is 0. The van der Waals surface area contributed by atoms with Crippen molar-refractivity contribution in [1.82, 2.24) is 0 Å². The van der Waals surface area contributed by atoms with Gasteiger partial charge < -0.3 is 0 Å². The molecule has 0 aromatic heterocycles. The summed E-state index contributed by atoms with van der Waals surface area (Å²) in [6.45, 7) is 0. The molecule has 0 aliphatic rings. The van der Waals surface area contributed by atoms with Gasteiger partial charge in [0.15, 0.2) is 8.80 Å². The molecule has 2 heteroatoms. The fourth-order valence-electron chi connectivity index (χ4n) is 2.96. The molecule has 0 amide bonds. The van der Waals surface area contributed by atoms with E-state index in [2.05, 4.69) is 91.0 Å². The van der Waals surface area contributed by atoms with E-state index in [4.69, 9.17) is 0 Å². The Kier molecular flexibility index (Phi) is 11.4. The van der Waals surface area contributed by atoms with Crippen LogP contribution >= 0.6 is 0 Å². The van der Waals surface area contributed by atoms with Gasteiger partial charge in [-0.2, -0.15) is 36.4 Å². The van der Waals surface area contributed by atoms with E-state index in [9.17, 15) is 0 Å². The van der Waals surface area contributed by atoms with Gasteiger partial charge in [0.1, 0.15) is 0 Å². The van der Waals surface area contributed by atoms with Gasteiger partial charge >= 0.3 is 26.2 Å². The molecule has 0 fully saturated rings. The molecular weight excluding hydrogens is 456 g/mol. The fraction of sp³-hybridized carbons (Fsp3) is 0. The molecule has 5 rings (SSSR count). The van der Waals surface area contributed by atoms with Crippen LogP contribution in [-0.2, 0) is 26.2 Å². The Balaban J connectivity index is 0.000000239. The minimum Gasteiger partial charge on any atom is -0.214 e. The van der Waals surface area contributed by atoms with Gasteiger partial charge in [-0.1, -0.05) is 107 Å². The zero-order valence-electron chi connectivity index (χ0n) is 16.9. The Hall–Kier alpha value is -2.54. The number of rotatable bonds is 3. The second kappa shape index (κ2) is 14.4. The molecule has 0 saturated heterocycles. The SMILES string of the molecule is [Zr+2].c1cc[cH-]c1.c1cc[cH-]c1.c1ccc([Si](c2ccccc2)c2ccccc2)cc1. The molecule has 0 atom stereocenters. The van der Waals surface area contributed by atoms with Crippen molar-refractivity contribution >= 4 is 24.4 Å². The zero-order valence-corrected chi connectivity index (χ0v) is 20.4. The van der Waals surface area contributed by atoms with Crippen LogP contribution in [0.2, 0.25) is 0 Å². The van der Waals surface area contributed by atoms with Gasteiger partial charge in [0.05, 0.1) is 0 Å². The van der Waals surface area contributed by atoms with Gasteiger partial charge in [-0.15, -0.1) is 0 Å². The summed E-state index contributed by atoms with van der Waals surface area (Å²) in [5.41, 5.74) is 0. The predicted molar refractivity (Wildman–Crippen MR) is 128 cm³/mol. The minimum atomic E-state index is -0.877. The molecule has 5 aromatic rings. The van der Waals surface area contributed by atoms with Crippen LogP contribution in [0.15, 0.2) is 152 Å². The van der Waals surface area contributed by atoms with Gasteiger partial charge in [-0.3, -0.25) is 0 Å².